The van der Waals surface area contributed by atoms with E-state index >= 15 is 0 Å². The molecule has 11 heteroatoms. The molecule has 0 aliphatic carbocycles. The Bertz CT molecular complexity index is 1560. The highest BCUT2D eigenvalue weighted by molar-refractivity contribution is 7.99. The van der Waals surface area contributed by atoms with Gasteiger partial charge in [0.25, 0.3) is 5.91 Å². The van der Waals surface area contributed by atoms with Gasteiger partial charge in [-0.05, 0) is 67.4 Å². The van der Waals surface area contributed by atoms with Gasteiger partial charge < -0.3 is 24.4 Å². The second-order valence-electron chi connectivity index (χ2n) is 9.60. The summed E-state index contributed by atoms with van der Waals surface area (Å²) >= 11 is 1.19. The molecule has 4 aromatic rings. The highest BCUT2D eigenvalue weighted by Crippen LogP contribution is 2.35. The van der Waals surface area contributed by atoms with Gasteiger partial charge in [0.05, 0.1) is 12.9 Å². The predicted molar refractivity (Wildman–Crippen MR) is 156 cm³/mol. The molecule has 0 fully saturated rings. The molecular weight excluding hydrogens is 559 g/mol. The van der Waals surface area contributed by atoms with Crippen molar-refractivity contribution in [3.05, 3.63) is 101 Å². The van der Waals surface area contributed by atoms with Gasteiger partial charge in [0.15, 0.2) is 16.7 Å². The van der Waals surface area contributed by atoms with Crippen molar-refractivity contribution in [2.75, 3.05) is 25.0 Å². The fraction of sp³-hybridized carbons (Fsp3) is 0.226. The van der Waals surface area contributed by atoms with Gasteiger partial charge in [0.2, 0.25) is 12.7 Å². The highest BCUT2D eigenvalue weighted by atomic mass is 32.2. The molecule has 1 N–H and O–H groups in total. The second kappa shape index (κ2) is 12.9. The van der Waals surface area contributed by atoms with Crippen LogP contribution in [0.15, 0.2) is 78.0 Å². The van der Waals surface area contributed by atoms with Gasteiger partial charge in [-0.3, -0.25) is 9.59 Å². The van der Waals surface area contributed by atoms with Gasteiger partial charge >= 0.3 is 0 Å². The number of nitrogens with zero attached hydrogens (tertiary/aromatic N) is 3. The van der Waals surface area contributed by atoms with Gasteiger partial charge in [-0.1, -0.05) is 36.0 Å². The Morgan fingerprint density at radius 1 is 0.976 bits per heavy atom. The first-order valence-electron chi connectivity index (χ1n) is 13.1. The maximum Gasteiger partial charge on any atom is 0.251 e. The van der Waals surface area contributed by atoms with Crippen LogP contribution in [-0.4, -0.2) is 46.3 Å². The Hall–Kier alpha value is -4.64. The van der Waals surface area contributed by atoms with Crippen molar-refractivity contribution in [1.82, 2.24) is 14.9 Å². The summed E-state index contributed by atoms with van der Waals surface area (Å²) in [6.45, 7) is 3.88. The molecule has 1 unspecified atom stereocenters. The first kappa shape index (κ1) is 28.9. The topological polar surface area (TPSA) is 103 Å². The van der Waals surface area contributed by atoms with Gasteiger partial charge in [0.1, 0.15) is 17.6 Å². The van der Waals surface area contributed by atoms with Crippen LogP contribution in [0.2, 0.25) is 0 Å². The van der Waals surface area contributed by atoms with Crippen molar-refractivity contribution in [3.8, 4) is 17.2 Å². The largest absolute Gasteiger partial charge is 0.497 e. The third kappa shape index (κ3) is 6.98. The van der Waals surface area contributed by atoms with E-state index in [2.05, 4.69) is 15.3 Å². The monoisotopic (exact) mass is 588 g/mol. The molecule has 1 aliphatic heterocycles. The molecule has 0 saturated heterocycles. The van der Waals surface area contributed by atoms with Crippen LogP contribution in [-0.2, 0) is 16.1 Å². The van der Waals surface area contributed by atoms with Crippen LogP contribution in [0.5, 0.6) is 17.2 Å². The lowest BCUT2D eigenvalue weighted by Gasteiger charge is -2.31. The summed E-state index contributed by atoms with van der Waals surface area (Å²) in [7, 11) is 1.55. The molecule has 1 atom stereocenters. The summed E-state index contributed by atoms with van der Waals surface area (Å²) < 4.78 is 29.9. The van der Waals surface area contributed by atoms with Crippen LogP contribution in [0.4, 0.5) is 10.1 Å². The standard InChI is InChI=1S/C31H29FN4O5S/c1-19-14-20(2)34-31(33-19)42-17-28(37)36(16-21-4-8-23(32)9-5-21)29(22-6-11-25(39-3)12-7-22)30(38)35-24-10-13-26-27(15-24)41-18-40-26/h4-15,29H,16-18H2,1-3H3,(H,35,38). The summed E-state index contributed by atoms with van der Waals surface area (Å²) in [6.07, 6.45) is 0. The first-order valence-corrected chi connectivity index (χ1v) is 14.1. The van der Waals surface area contributed by atoms with Gasteiger partial charge in [-0.25, -0.2) is 14.4 Å². The number of methoxy groups -OCH3 is 1. The molecule has 0 bridgehead atoms. The third-order valence-electron chi connectivity index (χ3n) is 6.50. The maximum absolute atomic E-state index is 14.0. The molecule has 9 nitrogen and oxygen atoms in total. The quantitative estimate of drug-likeness (QED) is 0.192. The number of aromatic nitrogens is 2. The third-order valence-corrected chi connectivity index (χ3v) is 7.34. The van der Waals surface area contributed by atoms with Gasteiger partial charge in [0, 0.05) is 29.7 Å². The number of aryl methyl sites for hydroxylation is 2. The summed E-state index contributed by atoms with van der Waals surface area (Å²) in [4.78, 5) is 38.3. The average Bonchev–Trinajstić information content (AvgIpc) is 3.44. The first-order chi connectivity index (χ1) is 20.3. The number of hydrogen-bond donors (Lipinski definition) is 1. The number of anilines is 1. The normalized spacial score (nSPS) is 12.5. The lowest BCUT2D eigenvalue weighted by atomic mass is 10.0. The Morgan fingerprint density at radius 2 is 1.67 bits per heavy atom. The summed E-state index contributed by atoms with van der Waals surface area (Å²) in [5.74, 6) is 0.514. The van der Waals surface area contributed by atoms with E-state index in [0.717, 1.165) is 11.4 Å². The number of hydrogen-bond acceptors (Lipinski definition) is 8. The minimum absolute atomic E-state index is 0.0198. The molecule has 3 aromatic carbocycles. The number of carbonyl (C=O) groups excluding carboxylic acids is 2. The molecule has 216 valence electrons. The van der Waals surface area contributed by atoms with Crippen molar-refractivity contribution < 1.29 is 28.2 Å². The molecule has 42 heavy (non-hydrogen) atoms. The van der Waals surface area contributed by atoms with Crippen LogP contribution >= 0.6 is 11.8 Å². The van der Waals surface area contributed by atoms with E-state index in [-0.39, 0.29) is 25.0 Å². The minimum atomic E-state index is -1.04. The molecule has 0 radical (unpaired) electrons. The van der Waals surface area contributed by atoms with Crippen LogP contribution < -0.4 is 19.5 Å². The fourth-order valence-electron chi connectivity index (χ4n) is 4.52. The van der Waals surface area contributed by atoms with Crippen molar-refractivity contribution in [1.29, 1.82) is 0 Å². The van der Waals surface area contributed by atoms with Crippen LogP contribution in [0.3, 0.4) is 0 Å². The van der Waals surface area contributed by atoms with E-state index in [1.54, 1.807) is 61.7 Å². The molecule has 2 heterocycles. The van der Waals surface area contributed by atoms with Crippen LogP contribution in [0, 0.1) is 19.7 Å². The fourth-order valence-corrected chi connectivity index (χ4v) is 5.36. The molecule has 0 spiro atoms. The molecule has 0 saturated carbocycles. The number of fused-ring (bicyclic) bond motifs is 1. The number of ether oxygens (including phenoxy) is 3. The summed E-state index contributed by atoms with van der Waals surface area (Å²) in [5, 5.41) is 3.39. The maximum atomic E-state index is 14.0. The molecular formula is C31H29FN4O5S. The Balaban J connectivity index is 1.49. The number of amides is 2. The van der Waals surface area contributed by atoms with Crippen LogP contribution in [0.1, 0.15) is 28.6 Å². The second-order valence-corrected chi connectivity index (χ2v) is 10.5. The number of carbonyl (C=O) groups is 2. The van der Waals surface area contributed by atoms with Crippen molar-refractivity contribution >= 4 is 29.3 Å². The lowest BCUT2D eigenvalue weighted by Crippen LogP contribution is -2.41. The van der Waals surface area contributed by atoms with E-state index < -0.39 is 17.8 Å². The molecule has 2 amide bonds. The number of nitrogens with one attached hydrogen (secondary N) is 1. The Labute approximate surface area is 247 Å². The molecule has 5 rings (SSSR count). The van der Waals surface area contributed by atoms with E-state index in [9.17, 15) is 14.0 Å². The SMILES string of the molecule is COc1ccc(C(C(=O)Nc2ccc3c(c2)OCO3)N(Cc2ccc(F)cc2)C(=O)CSc2nc(C)cc(C)n2)cc1. The predicted octanol–water partition coefficient (Wildman–Crippen LogP) is 5.47. The number of thioether (sulfide) groups is 1. The Morgan fingerprint density at radius 3 is 2.36 bits per heavy atom. The zero-order chi connectivity index (χ0) is 29.6. The molecule has 1 aromatic heterocycles. The van der Waals surface area contributed by atoms with E-state index in [0.29, 0.717) is 39.2 Å². The highest BCUT2D eigenvalue weighted by Gasteiger charge is 2.32. The van der Waals surface area contributed by atoms with Gasteiger partial charge in [-0.15, -0.1) is 0 Å². The van der Waals surface area contributed by atoms with Crippen LogP contribution in [0.25, 0.3) is 0 Å². The number of rotatable bonds is 10. The zero-order valence-electron chi connectivity index (χ0n) is 23.3. The minimum Gasteiger partial charge on any atom is -0.497 e. The van der Waals surface area contributed by atoms with E-state index in [4.69, 9.17) is 14.2 Å². The van der Waals surface area contributed by atoms with Crippen molar-refractivity contribution in [2.45, 2.75) is 31.6 Å². The molecule has 1 aliphatic rings. The summed E-state index contributed by atoms with van der Waals surface area (Å²) in [6, 6.07) is 18.7. The lowest BCUT2D eigenvalue weighted by molar-refractivity contribution is -0.137. The smallest absolute Gasteiger partial charge is 0.251 e. The Kier molecular flexibility index (Phi) is 8.87. The average molecular weight is 589 g/mol. The van der Waals surface area contributed by atoms with E-state index in [1.165, 1.54) is 28.8 Å². The van der Waals surface area contributed by atoms with Gasteiger partial charge in [-0.2, -0.15) is 0 Å². The number of halogens is 1. The van der Waals surface area contributed by atoms with E-state index in [1.807, 2.05) is 19.9 Å². The summed E-state index contributed by atoms with van der Waals surface area (Å²) in [5.41, 5.74) is 3.29. The van der Waals surface area contributed by atoms with Crippen molar-refractivity contribution in [2.24, 2.45) is 0 Å². The number of benzene rings is 3. The van der Waals surface area contributed by atoms with Crippen molar-refractivity contribution in [3.63, 3.8) is 0 Å². The zero-order valence-corrected chi connectivity index (χ0v) is 24.1.